The van der Waals surface area contributed by atoms with Crippen LogP contribution < -0.4 is 21.3 Å². The summed E-state index contributed by atoms with van der Waals surface area (Å²) in [5, 5.41) is 20.5. The number of carbonyl (C=O) groups is 4. The van der Waals surface area contributed by atoms with Gasteiger partial charge in [0.05, 0.1) is 18.7 Å². The predicted octanol–water partition coefficient (Wildman–Crippen LogP) is 1.93. The maximum absolute atomic E-state index is 12.6. The Bertz CT molecular complexity index is 1100. The third-order valence-corrected chi connectivity index (χ3v) is 6.01. The van der Waals surface area contributed by atoms with E-state index < -0.39 is 29.2 Å². The average molecular weight is 546 g/mol. The first-order valence-electron chi connectivity index (χ1n) is 13.3. The highest BCUT2D eigenvalue weighted by atomic mass is 16.6. The molecule has 11 heteroatoms. The molecule has 1 aromatic heterocycles. The van der Waals surface area contributed by atoms with E-state index in [2.05, 4.69) is 26.3 Å². The van der Waals surface area contributed by atoms with E-state index in [9.17, 15) is 19.2 Å². The van der Waals surface area contributed by atoms with Crippen LogP contribution in [0.1, 0.15) is 59.4 Å². The van der Waals surface area contributed by atoms with Gasteiger partial charge in [-0.05, 0) is 65.6 Å². The summed E-state index contributed by atoms with van der Waals surface area (Å²) in [6, 6.07) is 7.00. The first kappa shape index (κ1) is 31.8. The van der Waals surface area contributed by atoms with Crippen molar-refractivity contribution in [3.05, 3.63) is 36.0 Å². The number of benzene rings is 1. The van der Waals surface area contributed by atoms with Crippen LogP contribution >= 0.6 is 0 Å². The highest BCUT2D eigenvalue weighted by Crippen LogP contribution is 2.19. The fraction of sp³-hybridized carbons (Fsp3) is 0.571. The first-order chi connectivity index (χ1) is 18.4. The van der Waals surface area contributed by atoms with E-state index in [0.717, 1.165) is 42.3 Å². The molecule has 2 atom stereocenters. The number of aliphatic hydroxyl groups is 1. The van der Waals surface area contributed by atoms with Gasteiger partial charge in [0, 0.05) is 30.1 Å². The number of fused-ring (bicyclic) bond motifs is 1. The first-order valence-corrected chi connectivity index (χ1v) is 13.3. The SMILES string of the molecule is CC(C)(C)OC(=O)NC(C)(C)C(=O)NC(C=O)Cc1c[nH]c2ccccc12.O=C(NCCO)C1CCCCN1. The summed E-state index contributed by atoms with van der Waals surface area (Å²) in [7, 11) is 0. The van der Waals surface area contributed by atoms with Gasteiger partial charge in [0.2, 0.25) is 11.8 Å². The molecule has 2 unspecified atom stereocenters. The van der Waals surface area contributed by atoms with Crippen molar-refractivity contribution in [2.24, 2.45) is 0 Å². The van der Waals surface area contributed by atoms with Crippen molar-refractivity contribution in [3.8, 4) is 0 Å². The van der Waals surface area contributed by atoms with E-state index in [1.54, 1.807) is 34.6 Å². The molecule has 216 valence electrons. The molecule has 3 amide bonds. The van der Waals surface area contributed by atoms with Crippen LogP contribution in [0.5, 0.6) is 0 Å². The minimum absolute atomic E-state index is 0.0124. The summed E-state index contributed by atoms with van der Waals surface area (Å²) in [6.45, 7) is 9.63. The van der Waals surface area contributed by atoms with Gasteiger partial charge in [0.15, 0.2) is 0 Å². The highest BCUT2D eigenvalue weighted by Gasteiger charge is 2.33. The summed E-state index contributed by atoms with van der Waals surface area (Å²) < 4.78 is 5.18. The maximum atomic E-state index is 12.6. The Morgan fingerprint density at radius 2 is 1.87 bits per heavy atom. The standard InChI is InChI=1S/C20H27N3O4.C8H16N2O2/c1-19(2,3)27-18(26)23-20(4,5)17(25)22-14(12-24)10-13-11-21-16-9-7-6-8-15(13)16;11-6-5-10-8(12)7-3-1-2-4-9-7/h6-9,11-12,14,21H,10H2,1-5H3,(H,22,25)(H,23,26);7,9,11H,1-6H2,(H,10,12). The maximum Gasteiger partial charge on any atom is 0.408 e. The average Bonchev–Trinajstić information content (AvgIpc) is 3.29. The van der Waals surface area contributed by atoms with Crippen LogP contribution in [0.4, 0.5) is 4.79 Å². The second kappa shape index (κ2) is 14.6. The normalized spacial score (nSPS) is 16.3. The van der Waals surface area contributed by atoms with E-state index >= 15 is 0 Å². The van der Waals surface area contributed by atoms with Gasteiger partial charge >= 0.3 is 6.09 Å². The Morgan fingerprint density at radius 1 is 1.15 bits per heavy atom. The Balaban J connectivity index is 0.000000370. The van der Waals surface area contributed by atoms with Gasteiger partial charge in [-0.25, -0.2) is 4.79 Å². The van der Waals surface area contributed by atoms with Crippen LogP contribution in [0.2, 0.25) is 0 Å². The number of ether oxygens (including phenoxy) is 1. The monoisotopic (exact) mass is 545 g/mol. The topological polar surface area (TPSA) is 162 Å². The molecule has 2 heterocycles. The number of aromatic amines is 1. The van der Waals surface area contributed by atoms with Crippen LogP contribution in [0.25, 0.3) is 10.9 Å². The molecular weight excluding hydrogens is 502 g/mol. The number of hydrogen-bond donors (Lipinski definition) is 6. The molecule has 0 bridgehead atoms. The minimum Gasteiger partial charge on any atom is -0.444 e. The van der Waals surface area contributed by atoms with Gasteiger partial charge in [-0.15, -0.1) is 0 Å². The molecule has 1 aliphatic heterocycles. The largest absolute Gasteiger partial charge is 0.444 e. The van der Waals surface area contributed by atoms with Crippen molar-refractivity contribution in [1.29, 1.82) is 0 Å². The number of aldehydes is 1. The summed E-state index contributed by atoms with van der Waals surface area (Å²) in [4.78, 5) is 50.5. The summed E-state index contributed by atoms with van der Waals surface area (Å²) in [5.41, 5.74) is -0.00231. The van der Waals surface area contributed by atoms with E-state index in [-0.39, 0.29) is 18.6 Å². The molecule has 1 aromatic carbocycles. The molecule has 11 nitrogen and oxygen atoms in total. The lowest BCUT2D eigenvalue weighted by Gasteiger charge is -2.28. The number of carbonyl (C=O) groups excluding carboxylic acids is 4. The molecule has 0 radical (unpaired) electrons. The van der Waals surface area contributed by atoms with Crippen LogP contribution in [-0.2, 0) is 25.5 Å². The highest BCUT2D eigenvalue weighted by molar-refractivity contribution is 5.91. The van der Waals surface area contributed by atoms with Crippen molar-refractivity contribution in [1.82, 2.24) is 26.3 Å². The number of amides is 3. The third kappa shape index (κ3) is 10.7. The van der Waals surface area contributed by atoms with Crippen molar-refractivity contribution in [3.63, 3.8) is 0 Å². The molecule has 0 aliphatic carbocycles. The van der Waals surface area contributed by atoms with Crippen LogP contribution in [0.15, 0.2) is 30.5 Å². The number of H-pyrrole nitrogens is 1. The molecular formula is C28H43N5O6. The van der Waals surface area contributed by atoms with E-state index in [0.29, 0.717) is 19.3 Å². The Labute approximate surface area is 229 Å². The second-order valence-corrected chi connectivity index (χ2v) is 11.0. The van der Waals surface area contributed by atoms with Gasteiger partial charge in [-0.2, -0.15) is 0 Å². The van der Waals surface area contributed by atoms with Gasteiger partial charge in [0.25, 0.3) is 0 Å². The van der Waals surface area contributed by atoms with Crippen molar-refractivity contribution in [2.45, 2.75) is 83.5 Å². The summed E-state index contributed by atoms with van der Waals surface area (Å²) in [5.74, 6) is -0.450. The smallest absolute Gasteiger partial charge is 0.408 e. The Hall–Kier alpha value is -3.44. The van der Waals surface area contributed by atoms with Gasteiger partial charge < -0.3 is 40.9 Å². The number of rotatable bonds is 9. The minimum atomic E-state index is -1.23. The molecule has 1 saturated heterocycles. The van der Waals surface area contributed by atoms with E-state index in [4.69, 9.17) is 9.84 Å². The molecule has 1 fully saturated rings. The number of aromatic nitrogens is 1. The van der Waals surface area contributed by atoms with Gasteiger partial charge in [0.1, 0.15) is 17.4 Å². The second-order valence-electron chi connectivity index (χ2n) is 11.0. The number of para-hydroxylation sites is 1. The van der Waals surface area contributed by atoms with Crippen molar-refractivity contribution in [2.75, 3.05) is 19.7 Å². The molecule has 0 saturated carbocycles. The molecule has 3 rings (SSSR count). The summed E-state index contributed by atoms with van der Waals surface area (Å²) >= 11 is 0. The third-order valence-electron chi connectivity index (χ3n) is 6.01. The zero-order valence-corrected chi connectivity index (χ0v) is 23.6. The molecule has 39 heavy (non-hydrogen) atoms. The number of hydrogen-bond acceptors (Lipinski definition) is 7. The lowest BCUT2D eigenvalue weighted by molar-refractivity contribution is -0.128. The van der Waals surface area contributed by atoms with Crippen LogP contribution in [0.3, 0.4) is 0 Å². The van der Waals surface area contributed by atoms with Crippen LogP contribution in [0, 0.1) is 0 Å². The molecule has 1 aliphatic rings. The fourth-order valence-corrected chi connectivity index (χ4v) is 4.01. The van der Waals surface area contributed by atoms with Crippen LogP contribution in [-0.4, -0.2) is 77.2 Å². The summed E-state index contributed by atoms with van der Waals surface area (Å²) in [6.07, 6.45) is 5.37. The lowest BCUT2D eigenvalue weighted by atomic mass is 10.0. The quantitative estimate of drug-likeness (QED) is 0.262. The van der Waals surface area contributed by atoms with E-state index in [1.807, 2.05) is 30.5 Å². The number of nitrogens with one attached hydrogen (secondary N) is 5. The molecule has 6 N–H and O–H groups in total. The molecule has 0 spiro atoms. The number of alkyl carbamates (subject to hydrolysis) is 1. The van der Waals surface area contributed by atoms with Gasteiger partial charge in [-0.1, -0.05) is 24.6 Å². The molecule has 2 aromatic rings. The fourth-order valence-electron chi connectivity index (χ4n) is 4.01. The predicted molar refractivity (Wildman–Crippen MR) is 149 cm³/mol. The van der Waals surface area contributed by atoms with Gasteiger partial charge in [-0.3, -0.25) is 9.59 Å². The lowest BCUT2D eigenvalue weighted by Crippen LogP contribution is -2.57. The Kier molecular flexibility index (Phi) is 11.9. The Morgan fingerprint density at radius 3 is 2.49 bits per heavy atom. The van der Waals surface area contributed by atoms with E-state index in [1.165, 1.54) is 0 Å². The zero-order valence-electron chi connectivity index (χ0n) is 23.6. The number of piperidine rings is 1. The van der Waals surface area contributed by atoms with Crippen molar-refractivity contribution >= 4 is 35.1 Å². The number of aliphatic hydroxyl groups excluding tert-OH is 1. The zero-order chi connectivity index (χ0) is 29.1. The van der Waals surface area contributed by atoms with Crippen molar-refractivity contribution < 1.29 is 29.0 Å².